The van der Waals surface area contributed by atoms with E-state index in [1.807, 2.05) is 25.1 Å². The Morgan fingerprint density at radius 2 is 2.07 bits per heavy atom. The van der Waals surface area contributed by atoms with E-state index >= 15 is 0 Å². The Labute approximate surface area is 175 Å². The van der Waals surface area contributed by atoms with Crippen molar-refractivity contribution in [2.45, 2.75) is 60.5 Å². The molecule has 1 N–H and O–H groups in total. The molecule has 2 aromatic carbocycles. The molecule has 0 bridgehead atoms. The van der Waals surface area contributed by atoms with Crippen LogP contribution in [0.2, 0.25) is 0 Å². The monoisotopic (exact) mass is 415 g/mol. The van der Waals surface area contributed by atoms with Gasteiger partial charge in [-0.05, 0) is 60.4 Å². The normalized spacial score (nSPS) is 24.5. The van der Waals surface area contributed by atoms with Gasteiger partial charge in [-0.3, -0.25) is 4.79 Å². The van der Waals surface area contributed by atoms with E-state index in [-0.39, 0.29) is 17.8 Å². The largest absolute Gasteiger partial charge is 0.385 e. The molecular formula is C23H26FNO3S. The average Bonchev–Trinajstić information content (AvgIpc) is 2.70. The molecule has 154 valence electrons. The highest BCUT2D eigenvalue weighted by Gasteiger charge is 2.36. The molecule has 2 aliphatic heterocycles. The number of aryl methyl sites for hydroxylation is 1. The molecule has 29 heavy (non-hydrogen) atoms. The van der Waals surface area contributed by atoms with Crippen molar-refractivity contribution in [1.82, 2.24) is 0 Å². The summed E-state index contributed by atoms with van der Waals surface area (Å²) in [7, 11) is 1.80. The molecular weight excluding hydrogens is 389 g/mol. The van der Waals surface area contributed by atoms with Crippen LogP contribution in [0.15, 0.2) is 46.2 Å². The molecule has 4 rings (SSSR count). The zero-order valence-electron chi connectivity index (χ0n) is 16.8. The molecule has 0 spiro atoms. The van der Waals surface area contributed by atoms with Crippen LogP contribution in [0.5, 0.6) is 0 Å². The summed E-state index contributed by atoms with van der Waals surface area (Å²) in [6, 6.07) is 10.8. The third-order valence-electron chi connectivity index (χ3n) is 5.93. The number of nitrogens with zero attached hydrogens (tertiary/aromatic N) is 1. The Morgan fingerprint density at radius 1 is 1.24 bits per heavy atom. The number of anilines is 1. The van der Waals surface area contributed by atoms with Gasteiger partial charge >= 0.3 is 0 Å². The molecule has 2 aromatic rings. The first kappa shape index (κ1) is 20.4. The lowest BCUT2D eigenvalue weighted by Crippen LogP contribution is -2.38. The maximum Gasteiger partial charge on any atom is 0.227 e. The molecule has 1 saturated heterocycles. The lowest BCUT2D eigenvalue weighted by molar-refractivity contribution is -0.118. The number of hydrogen-bond acceptors (Lipinski definition) is 4. The fraction of sp³-hybridized carbons (Fsp3) is 0.435. The smallest absolute Gasteiger partial charge is 0.227 e. The van der Waals surface area contributed by atoms with Gasteiger partial charge in [-0.25, -0.2) is 4.39 Å². The second kappa shape index (κ2) is 8.09. The van der Waals surface area contributed by atoms with Crippen LogP contribution in [0.25, 0.3) is 0 Å². The van der Waals surface area contributed by atoms with Gasteiger partial charge in [-0.1, -0.05) is 18.7 Å². The van der Waals surface area contributed by atoms with Crippen molar-refractivity contribution < 1.29 is 19.0 Å². The van der Waals surface area contributed by atoms with E-state index in [0.29, 0.717) is 31.4 Å². The fourth-order valence-corrected chi connectivity index (χ4v) is 5.15. The Balaban J connectivity index is 1.60. The van der Waals surface area contributed by atoms with Crippen LogP contribution in [0, 0.1) is 5.82 Å². The van der Waals surface area contributed by atoms with Gasteiger partial charge in [0.05, 0.1) is 18.3 Å². The Kier molecular flexibility index (Phi) is 5.69. The van der Waals surface area contributed by atoms with Crippen LogP contribution < -0.4 is 4.90 Å². The molecule has 0 aromatic heterocycles. The number of halogens is 1. The van der Waals surface area contributed by atoms with E-state index in [0.717, 1.165) is 33.9 Å². The van der Waals surface area contributed by atoms with Gasteiger partial charge in [0.2, 0.25) is 5.91 Å². The van der Waals surface area contributed by atoms with E-state index < -0.39 is 5.60 Å². The lowest BCUT2D eigenvalue weighted by Gasteiger charge is -2.37. The number of ether oxygens (including phenoxy) is 1. The molecule has 6 heteroatoms. The highest BCUT2D eigenvalue weighted by atomic mass is 32.2. The first-order chi connectivity index (χ1) is 13.9. The van der Waals surface area contributed by atoms with E-state index in [4.69, 9.17) is 4.74 Å². The van der Waals surface area contributed by atoms with Crippen molar-refractivity contribution in [2.75, 3.05) is 18.6 Å². The average molecular weight is 416 g/mol. The summed E-state index contributed by atoms with van der Waals surface area (Å²) in [5.74, 6) is -0.219. The number of amides is 1. The number of rotatable bonds is 4. The van der Waals surface area contributed by atoms with E-state index in [9.17, 15) is 14.3 Å². The zero-order valence-corrected chi connectivity index (χ0v) is 17.6. The van der Waals surface area contributed by atoms with Crippen molar-refractivity contribution in [1.29, 1.82) is 0 Å². The fourth-order valence-electron chi connectivity index (χ4n) is 4.18. The number of carbonyl (C=O) groups is 1. The van der Waals surface area contributed by atoms with E-state index in [1.165, 1.54) is 23.9 Å². The standard InChI is InChI=1S/C23H26FNO3S/c1-3-18-14-23(27,8-9-28-18)16-11-17(24)13-20(12-16)29-19-5-6-21-15(10-19)4-7-22(26)25(21)2/h5-6,10-13,18,27H,3-4,7-9,14H2,1-2H3/t18-,23+/m0/s1. The van der Waals surface area contributed by atoms with Gasteiger partial charge in [-0.2, -0.15) is 0 Å². The molecule has 0 aliphatic carbocycles. The number of aliphatic hydroxyl groups is 1. The number of carbonyl (C=O) groups excluding carboxylic acids is 1. The second-order valence-corrected chi connectivity index (χ2v) is 9.05. The van der Waals surface area contributed by atoms with Crippen molar-refractivity contribution in [3.8, 4) is 0 Å². The predicted octanol–water partition coefficient (Wildman–Crippen LogP) is 4.66. The zero-order chi connectivity index (χ0) is 20.6. The number of benzene rings is 2. The molecule has 1 amide bonds. The lowest BCUT2D eigenvalue weighted by atomic mass is 9.83. The first-order valence-corrected chi connectivity index (χ1v) is 10.9. The maximum absolute atomic E-state index is 14.4. The molecule has 4 nitrogen and oxygen atoms in total. The van der Waals surface area contributed by atoms with Gasteiger partial charge in [0, 0.05) is 41.8 Å². The van der Waals surface area contributed by atoms with Crippen LogP contribution >= 0.6 is 11.8 Å². The van der Waals surface area contributed by atoms with Crippen molar-refractivity contribution in [3.05, 3.63) is 53.3 Å². The summed E-state index contributed by atoms with van der Waals surface area (Å²) in [5, 5.41) is 11.2. The molecule has 0 unspecified atom stereocenters. The summed E-state index contributed by atoms with van der Waals surface area (Å²) in [5.41, 5.74) is 1.62. The number of fused-ring (bicyclic) bond motifs is 1. The minimum absolute atomic E-state index is 0.00605. The third kappa shape index (κ3) is 4.20. The molecule has 2 aliphatic rings. The van der Waals surface area contributed by atoms with Crippen LogP contribution in [0.1, 0.15) is 43.7 Å². The van der Waals surface area contributed by atoms with E-state index in [1.54, 1.807) is 11.9 Å². The van der Waals surface area contributed by atoms with E-state index in [2.05, 4.69) is 6.07 Å². The molecule has 0 saturated carbocycles. The maximum atomic E-state index is 14.4. The minimum Gasteiger partial charge on any atom is -0.385 e. The van der Waals surface area contributed by atoms with Crippen LogP contribution in [0.4, 0.5) is 10.1 Å². The van der Waals surface area contributed by atoms with Gasteiger partial charge in [0.1, 0.15) is 5.82 Å². The molecule has 1 fully saturated rings. The molecule has 2 atom stereocenters. The first-order valence-electron chi connectivity index (χ1n) is 10.1. The Hall–Kier alpha value is -1.89. The Morgan fingerprint density at radius 3 is 2.86 bits per heavy atom. The molecule has 0 radical (unpaired) electrons. The topological polar surface area (TPSA) is 49.8 Å². The van der Waals surface area contributed by atoms with Gasteiger partial charge < -0.3 is 14.7 Å². The minimum atomic E-state index is -1.06. The third-order valence-corrected chi connectivity index (χ3v) is 6.89. The van der Waals surface area contributed by atoms with Crippen LogP contribution in [-0.4, -0.2) is 30.8 Å². The summed E-state index contributed by atoms with van der Waals surface area (Å²) < 4.78 is 20.1. The summed E-state index contributed by atoms with van der Waals surface area (Å²) in [6.45, 7) is 2.51. The predicted molar refractivity (Wildman–Crippen MR) is 112 cm³/mol. The van der Waals surface area contributed by atoms with Crippen molar-refractivity contribution in [3.63, 3.8) is 0 Å². The summed E-state index contributed by atoms with van der Waals surface area (Å²) in [6.07, 6.45) is 3.00. The van der Waals surface area contributed by atoms with Gasteiger partial charge in [0.15, 0.2) is 0 Å². The highest BCUT2D eigenvalue weighted by Crippen LogP contribution is 2.39. The van der Waals surface area contributed by atoms with Gasteiger partial charge in [-0.15, -0.1) is 0 Å². The SMILES string of the molecule is CC[C@H]1C[C@@](O)(c2cc(F)cc(Sc3ccc4c(c3)CCC(=O)N4C)c2)CCO1. The van der Waals surface area contributed by atoms with Gasteiger partial charge in [0.25, 0.3) is 0 Å². The highest BCUT2D eigenvalue weighted by molar-refractivity contribution is 7.99. The molecule has 2 heterocycles. The quantitative estimate of drug-likeness (QED) is 0.789. The summed E-state index contributed by atoms with van der Waals surface area (Å²) >= 11 is 1.47. The Bertz CT molecular complexity index is 934. The summed E-state index contributed by atoms with van der Waals surface area (Å²) in [4.78, 5) is 15.3. The number of hydrogen-bond donors (Lipinski definition) is 1. The van der Waals surface area contributed by atoms with Crippen molar-refractivity contribution in [2.24, 2.45) is 0 Å². The second-order valence-electron chi connectivity index (χ2n) is 7.91. The van der Waals surface area contributed by atoms with Crippen molar-refractivity contribution >= 4 is 23.4 Å². The van der Waals surface area contributed by atoms with Crippen LogP contribution in [-0.2, 0) is 21.6 Å². The van der Waals surface area contributed by atoms with Crippen LogP contribution in [0.3, 0.4) is 0 Å².